The van der Waals surface area contributed by atoms with Gasteiger partial charge in [0, 0.05) is 17.5 Å². The molecule has 1 unspecified atom stereocenters. The molecule has 1 N–H and O–H groups in total. The van der Waals surface area contributed by atoms with Crippen molar-refractivity contribution in [1.82, 2.24) is 4.98 Å². The van der Waals surface area contributed by atoms with E-state index in [1.165, 1.54) is 19.2 Å². The first-order valence-electron chi connectivity index (χ1n) is 5.56. The standard InChI is InChI=1S/C14H14FNO2/c1-9-3-4-11(8-16-9)14(17)10-5-6-13(18-2)12(15)7-10/h3-8,14,17H,1-2H3. The molecule has 2 aromatic rings. The fourth-order valence-corrected chi connectivity index (χ4v) is 1.69. The van der Waals surface area contributed by atoms with E-state index in [0.29, 0.717) is 11.1 Å². The Kier molecular flexibility index (Phi) is 3.58. The fourth-order valence-electron chi connectivity index (χ4n) is 1.69. The number of ether oxygens (including phenoxy) is 1. The molecular weight excluding hydrogens is 233 g/mol. The van der Waals surface area contributed by atoms with Crippen molar-refractivity contribution < 1.29 is 14.2 Å². The van der Waals surface area contributed by atoms with Gasteiger partial charge in [0.05, 0.1) is 7.11 Å². The molecule has 0 fully saturated rings. The van der Waals surface area contributed by atoms with E-state index in [2.05, 4.69) is 4.98 Å². The number of methoxy groups -OCH3 is 1. The molecule has 0 aliphatic carbocycles. The average molecular weight is 247 g/mol. The quantitative estimate of drug-likeness (QED) is 0.906. The van der Waals surface area contributed by atoms with Crippen LogP contribution in [0.25, 0.3) is 0 Å². The maximum Gasteiger partial charge on any atom is 0.165 e. The highest BCUT2D eigenvalue weighted by molar-refractivity contribution is 5.34. The number of benzene rings is 1. The van der Waals surface area contributed by atoms with Gasteiger partial charge < -0.3 is 9.84 Å². The number of aryl methyl sites for hydroxylation is 1. The molecule has 0 spiro atoms. The minimum Gasteiger partial charge on any atom is -0.494 e. The van der Waals surface area contributed by atoms with Crippen LogP contribution in [0.4, 0.5) is 4.39 Å². The molecule has 0 aliphatic rings. The third kappa shape index (κ3) is 2.49. The van der Waals surface area contributed by atoms with Crippen molar-refractivity contribution in [3.8, 4) is 5.75 Å². The Balaban J connectivity index is 2.31. The number of aromatic nitrogens is 1. The summed E-state index contributed by atoms with van der Waals surface area (Å²) in [7, 11) is 1.40. The summed E-state index contributed by atoms with van der Waals surface area (Å²) in [6.45, 7) is 1.86. The van der Waals surface area contributed by atoms with Gasteiger partial charge in [0.25, 0.3) is 0 Å². The molecule has 1 aromatic heterocycles. The van der Waals surface area contributed by atoms with Gasteiger partial charge in [0.2, 0.25) is 0 Å². The molecule has 4 heteroatoms. The van der Waals surface area contributed by atoms with Crippen molar-refractivity contribution >= 4 is 0 Å². The summed E-state index contributed by atoms with van der Waals surface area (Å²) in [6.07, 6.45) is 0.695. The van der Waals surface area contributed by atoms with Gasteiger partial charge in [0.1, 0.15) is 6.10 Å². The zero-order valence-corrected chi connectivity index (χ0v) is 10.2. The zero-order valence-electron chi connectivity index (χ0n) is 10.2. The van der Waals surface area contributed by atoms with Gasteiger partial charge in [-0.15, -0.1) is 0 Å². The van der Waals surface area contributed by atoms with Crippen LogP contribution in [0.15, 0.2) is 36.5 Å². The van der Waals surface area contributed by atoms with Gasteiger partial charge in [-0.25, -0.2) is 4.39 Å². The van der Waals surface area contributed by atoms with E-state index in [-0.39, 0.29) is 5.75 Å². The Morgan fingerprint density at radius 1 is 1.22 bits per heavy atom. The first kappa shape index (κ1) is 12.5. The molecule has 0 radical (unpaired) electrons. The van der Waals surface area contributed by atoms with Crippen molar-refractivity contribution in [3.63, 3.8) is 0 Å². The topological polar surface area (TPSA) is 42.4 Å². The van der Waals surface area contributed by atoms with Crippen molar-refractivity contribution in [3.05, 3.63) is 59.2 Å². The van der Waals surface area contributed by atoms with E-state index < -0.39 is 11.9 Å². The second kappa shape index (κ2) is 5.14. The van der Waals surface area contributed by atoms with E-state index >= 15 is 0 Å². The Morgan fingerprint density at radius 2 is 1.94 bits per heavy atom. The highest BCUT2D eigenvalue weighted by Crippen LogP contribution is 2.25. The maximum absolute atomic E-state index is 13.5. The molecule has 2 rings (SSSR count). The van der Waals surface area contributed by atoms with E-state index in [9.17, 15) is 9.50 Å². The number of hydrogen-bond acceptors (Lipinski definition) is 3. The van der Waals surface area contributed by atoms with Crippen LogP contribution in [-0.4, -0.2) is 17.2 Å². The summed E-state index contributed by atoms with van der Waals surface area (Å²) in [6, 6.07) is 7.97. The molecule has 1 heterocycles. The summed E-state index contributed by atoms with van der Waals surface area (Å²) >= 11 is 0. The van der Waals surface area contributed by atoms with Gasteiger partial charge in [-0.3, -0.25) is 4.98 Å². The van der Waals surface area contributed by atoms with Crippen molar-refractivity contribution in [2.45, 2.75) is 13.0 Å². The monoisotopic (exact) mass is 247 g/mol. The van der Waals surface area contributed by atoms with Gasteiger partial charge >= 0.3 is 0 Å². The Bertz CT molecular complexity index is 540. The summed E-state index contributed by atoms with van der Waals surface area (Å²) in [5.41, 5.74) is 1.97. The van der Waals surface area contributed by atoms with Crippen molar-refractivity contribution in [1.29, 1.82) is 0 Å². The number of halogens is 1. The Morgan fingerprint density at radius 3 is 2.50 bits per heavy atom. The van der Waals surface area contributed by atoms with E-state index in [4.69, 9.17) is 4.74 Å². The third-order valence-corrected chi connectivity index (χ3v) is 2.74. The molecule has 0 saturated heterocycles. The highest BCUT2D eigenvalue weighted by Gasteiger charge is 2.13. The fraction of sp³-hybridized carbons (Fsp3) is 0.214. The van der Waals surface area contributed by atoms with Gasteiger partial charge in [-0.2, -0.15) is 0 Å². The minimum absolute atomic E-state index is 0.160. The first-order chi connectivity index (χ1) is 8.61. The summed E-state index contributed by atoms with van der Waals surface area (Å²) in [5.74, 6) is -0.331. The molecule has 18 heavy (non-hydrogen) atoms. The second-order valence-corrected chi connectivity index (χ2v) is 4.03. The lowest BCUT2D eigenvalue weighted by Gasteiger charge is -2.12. The van der Waals surface area contributed by atoms with Crippen LogP contribution in [0.5, 0.6) is 5.75 Å². The Hall–Kier alpha value is -1.94. The van der Waals surface area contributed by atoms with Crippen LogP contribution in [0.3, 0.4) is 0 Å². The number of nitrogens with zero attached hydrogens (tertiary/aromatic N) is 1. The molecular formula is C14H14FNO2. The number of aliphatic hydroxyl groups is 1. The summed E-state index contributed by atoms with van der Waals surface area (Å²) in [4.78, 5) is 4.10. The van der Waals surface area contributed by atoms with Gasteiger partial charge in [-0.05, 0) is 30.7 Å². The molecule has 0 bridgehead atoms. The smallest absolute Gasteiger partial charge is 0.165 e. The average Bonchev–Trinajstić information content (AvgIpc) is 2.38. The van der Waals surface area contributed by atoms with Crippen LogP contribution in [-0.2, 0) is 0 Å². The van der Waals surface area contributed by atoms with Crippen LogP contribution >= 0.6 is 0 Å². The van der Waals surface area contributed by atoms with Gasteiger partial charge in [-0.1, -0.05) is 12.1 Å². The predicted octanol–water partition coefficient (Wildman–Crippen LogP) is 2.62. The summed E-state index contributed by atoms with van der Waals surface area (Å²) in [5, 5.41) is 10.1. The number of hydrogen-bond donors (Lipinski definition) is 1. The largest absolute Gasteiger partial charge is 0.494 e. The maximum atomic E-state index is 13.5. The SMILES string of the molecule is COc1ccc(C(O)c2ccc(C)nc2)cc1F. The van der Waals surface area contributed by atoms with E-state index in [1.807, 2.05) is 6.92 Å². The third-order valence-electron chi connectivity index (χ3n) is 2.74. The van der Waals surface area contributed by atoms with Crippen LogP contribution in [0.2, 0.25) is 0 Å². The normalized spacial score (nSPS) is 12.2. The lowest BCUT2D eigenvalue weighted by Crippen LogP contribution is -2.01. The molecule has 0 saturated carbocycles. The molecule has 1 atom stereocenters. The van der Waals surface area contributed by atoms with Crippen LogP contribution < -0.4 is 4.74 Å². The van der Waals surface area contributed by atoms with Crippen LogP contribution in [0, 0.1) is 12.7 Å². The van der Waals surface area contributed by atoms with E-state index in [0.717, 1.165) is 5.69 Å². The lowest BCUT2D eigenvalue weighted by molar-refractivity contribution is 0.219. The molecule has 0 amide bonds. The molecule has 1 aromatic carbocycles. The lowest BCUT2D eigenvalue weighted by atomic mass is 10.0. The number of aliphatic hydroxyl groups excluding tert-OH is 1. The minimum atomic E-state index is -0.890. The van der Waals surface area contributed by atoms with Crippen LogP contribution in [0.1, 0.15) is 22.9 Å². The zero-order chi connectivity index (χ0) is 13.1. The number of pyridine rings is 1. The summed E-state index contributed by atoms with van der Waals surface area (Å²) < 4.78 is 18.4. The van der Waals surface area contributed by atoms with Crippen molar-refractivity contribution in [2.24, 2.45) is 0 Å². The molecule has 94 valence electrons. The molecule has 3 nitrogen and oxygen atoms in total. The number of rotatable bonds is 3. The predicted molar refractivity (Wildman–Crippen MR) is 66.0 cm³/mol. The highest BCUT2D eigenvalue weighted by atomic mass is 19.1. The second-order valence-electron chi connectivity index (χ2n) is 4.03. The molecule has 0 aliphatic heterocycles. The first-order valence-corrected chi connectivity index (χ1v) is 5.56. The van der Waals surface area contributed by atoms with Gasteiger partial charge in [0.15, 0.2) is 11.6 Å². The van der Waals surface area contributed by atoms with Crippen molar-refractivity contribution in [2.75, 3.05) is 7.11 Å². The Labute approximate surface area is 105 Å². The van der Waals surface area contributed by atoms with E-state index in [1.54, 1.807) is 24.4 Å².